The molecule has 0 aliphatic carbocycles. The highest BCUT2D eigenvalue weighted by Crippen LogP contribution is 2.28. The van der Waals surface area contributed by atoms with Gasteiger partial charge in [-0.3, -0.25) is 14.9 Å². The third kappa shape index (κ3) is 15.4. The maximum Gasteiger partial charge on any atom is 0.288 e. The summed E-state index contributed by atoms with van der Waals surface area (Å²) in [6, 6.07) is 0. The van der Waals surface area contributed by atoms with Crippen molar-refractivity contribution in [2.75, 3.05) is 23.0 Å². The number of hydrogen-bond acceptors (Lipinski definition) is 5. The fraction of sp³-hybridized carbons (Fsp3) is 0.789. The number of amides is 2. The number of rotatable bonds is 14. The van der Waals surface area contributed by atoms with Crippen LogP contribution in [0.1, 0.15) is 59.8 Å². The second kappa shape index (κ2) is 13.7. The molecule has 0 atom stereocenters. The van der Waals surface area contributed by atoms with Gasteiger partial charge in [0.15, 0.2) is 6.19 Å². The standard InChI is InChI=1S/C19H32N4O2S2/c1-18(2,13-16(24)22-15-20)7-11-26-9-6-10-27-12-8-19(3,4)14-17(25)23-21-5/h6-14H2,1-4H3,(H,22,24)(H,23,25). The summed E-state index contributed by atoms with van der Waals surface area (Å²) in [5, 5.41) is 10.6. The molecule has 0 bridgehead atoms. The topological polar surface area (TPSA) is 86.3 Å². The average Bonchev–Trinajstić information content (AvgIpc) is 2.52. The van der Waals surface area contributed by atoms with Gasteiger partial charge < -0.3 is 0 Å². The van der Waals surface area contributed by atoms with Crippen molar-refractivity contribution in [2.45, 2.75) is 59.8 Å². The van der Waals surface area contributed by atoms with Gasteiger partial charge in [-0.1, -0.05) is 33.1 Å². The minimum Gasteiger partial charge on any atom is -0.274 e. The molecule has 2 amide bonds. The number of nitrogens with zero attached hydrogens (tertiary/aromatic N) is 2. The Bertz CT molecular complexity index is 503. The molecule has 0 saturated heterocycles. The second-order valence-corrected chi connectivity index (χ2v) is 10.5. The van der Waals surface area contributed by atoms with E-state index < -0.39 is 0 Å². The van der Waals surface area contributed by atoms with E-state index in [1.165, 1.54) is 0 Å². The molecule has 0 fully saturated rings. The number of carbonyl (C=O) groups is 2. The van der Waals surface area contributed by atoms with Crippen LogP contribution in [0.5, 0.6) is 0 Å². The summed E-state index contributed by atoms with van der Waals surface area (Å²) in [7, 11) is 0. The van der Waals surface area contributed by atoms with Gasteiger partial charge in [-0.25, -0.2) is 0 Å². The van der Waals surface area contributed by atoms with E-state index >= 15 is 0 Å². The van der Waals surface area contributed by atoms with E-state index in [1.807, 2.05) is 23.5 Å². The molecule has 0 aliphatic heterocycles. The number of carbonyl (C=O) groups excluding carboxylic acids is 2. The summed E-state index contributed by atoms with van der Waals surface area (Å²) in [6.45, 7) is 14.9. The first-order valence-corrected chi connectivity index (χ1v) is 11.4. The van der Waals surface area contributed by atoms with Crippen LogP contribution in [0.2, 0.25) is 0 Å². The summed E-state index contributed by atoms with van der Waals surface area (Å²) in [6.07, 6.45) is 5.48. The van der Waals surface area contributed by atoms with Gasteiger partial charge in [0.1, 0.15) is 0 Å². The number of nitriles is 1. The van der Waals surface area contributed by atoms with E-state index in [0.29, 0.717) is 12.8 Å². The first kappa shape index (κ1) is 25.6. The van der Waals surface area contributed by atoms with Crippen molar-refractivity contribution in [1.82, 2.24) is 10.7 Å². The van der Waals surface area contributed by atoms with Crippen molar-refractivity contribution < 1.29 is 9.59 Å². The molecule has 0 saturated carbocycles. The highest BCUT2D eigenvalue weighted by Gasteiger charge is 2.23. The molecule has 0 unspecified atom stereocenters. The first-order chi connectivity index (χ1) is 12.6. The Labute approximate surface area is 172 Å². The minimum atomic E-state index is -0.210. The first-order valence-electron chi connectivity index (χ1n) is 9.11. The van der Waals surface area contributed by atoms with Crippen LogP contribution >= 0.6 is 23.5 Å². The highest BCUT2D eigenvalue weighted by molar-refractivity contribution is 8.00. The quantitative estimate of drug-likeness (QED) is 0.148. The zero-order valence-electron chi connectivity index (χ0n) is 16.9. The fourth-order valence-electron chi connectivity index (χ4n) is 2.42. The summed E-state index contributed by atoms with van der Waals surface area (Å²) < 4.78 is 0. The van der Waals surface area contributed by atoms with Crippen molar-refractivity contribution in [3.05, 3.63) is 11.5 Å². The van der Waals surface area contributed by atoms with Crippen molar-refractivity contribution in [3.8, 4) is 6.19 Å². The predicted molar refractivity (Wildman–Crippen MR) is 114 cm³/mol. The molecule has 27 heavy (non-hydrogen) atoms. The van der Waals surface area contributed by atoms with Gasteiger partial charge in [-0.2, -0.15) is 40.3 Å². The number of hydrogen-bond donors (Lipinski definition) is 2. The SMILES string of the molecule is [C-]#[N+]NC(=O)CC(C)(C)CCSCCCSCCC(C)(C)CC(=O)NC#N. The Hall–Kier alpha value is -1.38. The normalized spacial score (nSPS) is 11.3. The Morgan fingerprint density at radius 1 is 0.963 bits per heavy atom. The molecule has 0 aliphatic rings. The third-order valence-corrected chi connectivity index (χ3v) is 6.22. The largest absolute Gasteiger partial charge is 0.288 e. The summed E-state index contributed by atoms with van der Waals surface area (Å²) in [4.78, 5) is 25.9. The molecule has 0 radical (unpaired) electrons. The lowest BCUT2D eigenvalue weighted by atomic mass is 9.86. The Morgan fingerprint density at radius 2 is 1.44 bits per heavy atom. The van der Waals surface area contributed by atoms with Crippen LogP contribution in [0.3, 0.4) is 0 Å². The molecule has 0 aromatic heterocycles. The highest BCUT2D eigenvalue weighted by atomic mass is 32.2. The maximum atomic E-state index is 11.5. The van der Waals surface area contributed by atoms with Gasteiger partial charge in [0.2, 0.25) is 5.91 Å². The van der Waals surface area contributed by atoms with Crippen LogP contribution in [-0.2, 0) is 9.59 Å². The van der Waals surface area contributed by atoms with Crippen molar-refractivity contribution in [2.24, 2.45) is 10.8 Å². The molecule has 2 N–H and O–H groups in total. The van der Waals surface area contributed by atoms with E-state index in [0.717, 1.165) is 42.3 Å². The van der Waals surface area contributed by atoms with E-state index in [1.54, 1.807) is 6.19 Å². The van der Waals surface area contributed by atoms with E-state index in [-0.39, 0.29) is 22.6 Å². The van der Waals surface area contributed by atoms with Crippen LogP contribution < -0.4 is 10.7 Å². The van der Waals surface area contributed by atoms with Crippen LogP contribution in [0.4, 0.5) is 0 Å². The van der Waals surface area contributed by atoms with E-state index in [4.69, 9.17) is 11.8 Å². The molecular formula is C19H32N4O2S2. The summed E-state index contributed by atoms with van der Waals surface area (Å²) in [5.74, 6) is 3.82. The van der Waals surface area contributed by atoms with Gasteiger partial charge >= 0.3 is 0 Å². The molecule has 0 rings (SSSR count). The minimum absolute atomic E-state index is 0.0834. The van der Waals surface area contributed by atoms with Crippen molar-refractivity contribution in [1.29, 1.82) is 5.26 Å². The zero-order chi connectivity index (χ0) is 20.8. The predicted octanol–water partition coefficient (Wildman–Crippen LogP) is 4.00. The maximum absolute atomic E-state index is 11.5. The van der Waals surface area contributed by atoms with Gasteiger partial charge in [0.05, 0.1) is 0 Å². The van der Waals surface area contributed by atoms with Crippen LogP contribution in [0, 0.1) is 28.9 Å². The zero-order valence-corrected chi connectivity index (χ0v) is 18.5. The molecule has 0 spiro atoms. The second-order valence-electron chi connectivity index (χ2n) is 8.07. The molecule has 0 heterocycles. The molecule has 6 nitrogen and oxygen atoms in total. The van der Waals surface area contributed by atoms with Gasteiger partial charge in [-0.05, 0) is 53.1 Å². The van der Waals surface area contributed by atoms with E-state index in [9.17, 15) is 9.59 Å². The summed E-state index contributed by atoms with van der Waals surface area (Å²) in [5.41, 5.74) is 1.99. The van der Waals surface area contributed by atoms with Gasteiger partial charge in [-0.15, -0.1) is 0 Å². The Morgan fingerprint density at radius 3 is 1.89 bits per heavy atom. The smallest absolute Gasteiger partial charge is 0.274 e. The molecule has 0 aromatic carbocycles. The Kier molecular flexibility index (Phi) is 13.0. The van der Waals surface area contributed by atoms with Crippen LogP contribution in [-0.4, -0.2) is 34.8 Å². The van der Waals surface area contributed by atoms with Crippen LogP contribution in [0.15, 0.2) is 0 Å². The van der Waals surface area contributed by atoms with Crippen molar-refractivity contribution >= 4 is 35.3 Å². The molecular weight excluding hydrogens is 380 g/mol. The fourth-order valence-corrected chi connectivity index (χ4v) is 5.10. The van der Waals surface area contributed by atoms with Crippen LogP contribution in [0.25, 0.3) is 4.95 Å². The Balaban J connectivity index is 3.70. The number of nitrogens with one attached hydrogen (secondary N) is 2. The lowest BCUT2D eigenvalue weighted by Crippen LogP contribution is -2.25. The average molecular weight is 413 g/mol. The van der Waals surface area contributed by atoms with Gasteiger partial charge in [0.25, 0.3) is 5.91 Å². The van der Waals surface area contributed by atoms with Crippen molar-refractivity contribution in [3.63, 3.8) is 0 Å². The number of thioether (sulfide) groups is 2. The monoisotopic (exact) mass is 412 g/mol. The molecule has 152 valence electrons. The van der Waals surface area contributed by atoms with E-state index in [2.05, 4.69) is 43.4 Å². The lowest BCUT2D eigenvalue weighted by Gasteiger charge is -2.23. The molecule has 0 aromatic rings. The lowest BCUT2D eigenvalue weighted by molar-refractivity contribution is -0.122. The summed E-state index contributed by atoms with van der Waals surface area (Å²) >= 11 is 3.82. The third-order valence-electron chi connectivity index (χ3n) is 4.08. The molecule has 8 heteroatoms. The van der Waals surface area contributed by atoms with Gasteiger partial charge in [0, 0.05) is 12.8 Å².